The third-order valence-corrected chi connectivity index (χ3v) is 3.74. The predicted octanol–water partition coefficient (Wildman–Crippen LogP) is 2.33. The number of nitro benzene ring substituents is 1. The van der Waals surface area contributed by atoms with Gasteiger partial charge in [0.05, 0.1) is 4.92 Å². The molecule has 0 bridgehead atoms. The highest BCUT2D eigenvalue weighted by molar-refractivity contribution is 5.32. The van der Waals surface area contributed by atoms with E-state index in [2.05, 4.69) is 4.90 Å². The summed E-state index contributed by atoms with van der Waals surface area (Å²) < 4.78 is 0. The Morgan fingerprint density at radius 3 is 2.68 bits per heavy atom. The fourth-order valence-electron chi connectivity index (χ4n) is 2.70. The molecule has 0 aromatic heterocycles. The van der Waals surface area contributed by atoms with Crippen molar-refractivity contribution in [3.05, 3.63) is 39.9 Å². The third-order valence-electron chi connectivity index (χ3n) is 3.74. The Hall–Kier alpha value is -1.46. The monoisotopic (exact) mass is 264 g/mol. The summed E-state index contributed by atoms with van der Waals surface area (Å²) in [5.41, 5.74) is 1.23. The van der Waals surface area contributed by atoms with Crippen LogP contribution in [0.5, 0.6) is 0 Å². The van der Waals surface area contributed by atoms with Crippen molar-refractivity contribution in [3.8, 4) is 0 Å². The molecule has 0 unspecified atom stereocenters. The summed E-state index contributed by atoms with van der Waals surface area (Å²) in [5.74, 6) is 0. The number of rotatable bonds is 5. The number of piperidine rings is 1. The maximum atomic E-state index is 10.6. The molecular formula is C14H20N2O3. The van der Waals surface area contributed by atoms with Crippen molar-refractivity contribution < 1.29 is 10.0 Å². The SMILES string of the molecule is O=[N+]([O-])c1ccc(CN2CCCC[C@@H]2CCO)cc1. The van der Waals surface area contributed by atoms with Crippen LogP contribution in [0, 0.1) is 10.1 Å². The van der Waals surface area contributed by atoms with Gasteiger partial charge < -0.3 is 5.11 Å². The number of non-ortho nitro benzene ring substituents is 1. The molecule has 1 heterocycles. The first-order valence-electron chi connectivity index (χ1n) is 6.79. The van der Waals surface area contributed by atoms with Gasteiger partial charge in [-0.1, -0.05) is 18.6 Å². The minimum Gasteiger partial charge on any atom is -0.396 e. The molecule has 1 saturated heterocycles. The van der Waals surface area contributed by atoms with Crippen molar-refractivity contribution in [2.75, 3.05) is 13.2 Å². The fourth-order valence-corrected chi connectivity index (χ4v) is 2.70. The molecule has 0 saturated carbocycles. The Kier molecular flexibility index (Phi) is 4.87. The Balaban J connectivity index is 2.00. The van der Waals surface area contributed by atoms with Gasteiger partial charge in [0.1, 0.15) is 0 Å². The topological polar surface area (TPSA) is 66.6 Å². The number of aliphatic hydroxyl groups is 1. The predicted molar refractivity (Wildman–Crippen MR) is 72.8 cm³/mol. The van der Waals surface area contributed by atoms with E-state index in [1.54, 1.807) is 12.1 Å². The summed E-state index contributed by atoms with van der Waals surface area (Å²) in [6.45, 7) is 2.08. The Bertz CT molecular complexity index is 417. The molecule has 2 rings (SSSR count). The Morgan fingerprint density at radius 2 is 2.05 bits per heavy atom. The molecule has 19 heavy (non-hydrogen) atoms. The molecule has 1 fully saturated rings. The van der Waals surface area contributed by atoms with Crippen LogP contribution >= 0.6 is 0 Å². The molecule has 0 radical (unpaired) electrons. The van der Waals surface area contributed by atoms with Gasteiger partial charge in [-0.15, -0.1) is 0 Å². The standard InChI is InChI=1S/C14H20N2O3/c17-10-8-13-3-1-2-9-15(13)11-12-4-6-14(7-5-12)16(18)19/h4-7,13,17H,1-3,8-11H2/t13-/m1/s1. The summed E-state index contributed by atoms with van der Waals surface area (Å²) in [4.78, 5) is 12.6. The van der Waals surface area contributed by atoms with Gasteiger partial charge in [-0.25, -0.2) is 0 Å². The van der Waals surface area contributed by atoms with E-state index < -0.39 is 0 Å². The maximum absolute atomic E-state index is 10.6. The van der Waals surface area contributed by atoms with E-state index in [4.69, 9.17) is 5.11 Å². The summed E-state index contributed by atoms with van der Waals surface area (Å²) >= 11 is 0. The lowest BCUT2D eigenvalue weighted by Gasteiger charge is -2.35. The van der Waals surface area contributed by atoms with E-state index in [1.807, 2.05) is 12.1 Å². The van der Waals surface area contributed by atoms with Crippen molar-refractivity contribution in [3.63, 3.8) is 0 Å². The largest absolute Gasteiger partial charge is 0.396 e. The summed E-state index contributed by atoms with van der Waals surface area (Å²) in [6, 6.07) is 7.19. The van der Waals surface area contributed by atoms with Gasteiger partial charge >= 0.3 is 0 Å². The summed E-state index contributed by atoms with van der Waals surface area (Å²) in [5, 5.41) is 19.7. The van der Waals surface area contributed by atoms with E-state index in [0.29, 0.717) is 6.04 Å². The Labute approximate surface area is 113 Å². The Morgan fingerprint density at radius 1 is 1.32 bits per heavy atom. The van der Waals surface area contributed by atoms with Crippen molar-refractivity contribution in [1.29, 1.82) is 0 Å². The van der Waals surface area contributed by atoms with Crippen LogP contribution in [-0.4, -0.2) is 34.1 Å². The molecule has 104 valence electrons. The first-order valence-corrected chi connectivity index (χ1v) is 6.79. The summed E-state index contributed by atoms with van der Waals surface area (Å²) in [7, 11) is 0. The highest BCUT2D eigenvalue weighted by Crippen LogP contribution is 2.22. The van der Waals surface area contributed by atoms with Gasteiger partial charge in [0.25, 0.3) is 5.69 Å². The second-order valence-electron chi connectivity index (χ2n) is 5.06. The van der Waals surface area contributed by atoms with E-state index in [0.717, 1.165) is 31.5 Å². The van der Waals surface area contributed by atoms with Gasteiger partial charge in [0, 0.05) is 31.3 Å². The second kappa shape index (κ2) is 6.63. The maximum Gasteiger partial charge on any atom is 0.269 e. The second-order valence-corrected chi connectivity index (χ2v) is 5.06. The number of aliphatic hydroxyl groups excluding tert-OH is 1. The van der Waals surface area contributed by atoms with Crippen LogP contribution in [0.4, 0.5) is 5.69 Å². The van der Waals surface area contributed by atoms with Gasteiger partial charge in [0.2, 0.25) is 0 Å². The molecule has 1 aliphatic heterocycles. The zero-order valence-corrected chi connectivity index (χ0v) is 11.0. The molecule has 0 aliphatic carbocycles. The lowest BCUT2D eigenvalue weighted by Crippen LogP contribution is -2.39. The van der Waals surface area contributed by atoms with Crippen LogP contribution in [-0.2, 0) is 6.54 Å². The number of nitrogens with zero attached hydrogens (tertiary/aromatic N) is 2. The number of benzene rings is 1. The molecule has 5 heteroatoms. The van der Waals surface area contributed by atoms with Gasteiger partial charge in [-0.05, 0) is 31.4 Å². The molecule has 0 spiro atoms. The first-order chi connectivity index (χ1) is 9.20. The van der Waals surface area contributed by atoms with E-state index in [9.17, 15) is 10.1 Å². The zero-order valence-electron chi connectivity index (χ0n) is 11.0. The van der Waals surface area contributed by atoms with Crippen LogP contribution in [0.15, 0.2) is 24.3 Å². The number of hydrogen-bond acceptors (Lipinski definition) is 4. The minimum absolute atomic E-state index is 0.134. The molecule has 5 nitrogen and oxygen atoms in total. The van der Waals surface area contributed by atoms with E-state index in [-0.39, 0.29) is 17.2 Å². The fraction of sp³-hybridized carbons (Fsp3) is 0.571. The van der Waals surface area contributed by atoms with Crippen molar-refractivity contribution in [1.82, 2.24) is 4.90 Å². The molecule has 0 amide bonds. The molecule has 1 atom stereocenters. The van der Waals surface area contributed by atoms with Crippen LogP contribution in [0.3, 0.4) is 0 Å². The molecule has 1 N–H and O–H groups in total. The normalized spacial score (nSPS) is 20.4. The minimum atomic E-state index is -0.376. The van der Waals surface area contributed by atoms with Crippen LogP contribution in [0.25, 0.3) is 0 Å². The van der Waals surface area contributed by atoms with Crippen LogP contribution in [0.1, 0.15) is 31.2 Å². The average molecular weight is 264 g/mol. The molecular weight excluding hydrogens is 244 g/mol. The quantitative estimate of drug-likeness (QED) is 0.654. The smallest absolute Gasteiger partial charge is 0.269 e. The van der Waals surface area contributed by atoms with Gasteiger partial charge in [-0.2, -0.15) is 0 Å². The zero-order chi connectivity index (χ0) is 13.7. The number of likely N-dealkylation sites (tertiary alicyclic amines) is 1. The molecule has 1 aromatic rings. The highest BCUT2D eigenvalue weighted by Gasteiger charge is 2.21. The van der Waals surface area contributed by atoms with E-state index in [1.165, 1.54) is 12.8 Å². The average Bonchev–Trinajstić information content (AvgIpc) is 2.42. The lowest BCUT2D eigenvalue weighted by atomic mass is 9.99. The van der Waals surface area contributed by atoms with Gasteiger partial charge in [0.15, 0.2) is 0 Å². The van der Waals surface area contributed by atoms with Crippen molar-refractivity contribution >= 4 is 5.69 Å². The van der Waals surface area contributed by atoms with Crippen LogP contribution < -0.4 is 0 Å². The first kappa shape index (κ1) is 14.0. The number of hydrogen-bond donors (Lipinski definition) is 1. The summed E-state index contributed by atoms with van der Waals surface area (Å²) in [6.07, 6.45) is 4.36. The van der Waals surface area contributed by atoms with Crippen LogP contribution in [0.2, 0.25) is 0 Å². The highest BCUT2D eigenvalue weighted by atomic mass is 16.6. The molecule has 1 aromatic carbocycles. The van der Waals surface area contributed by atoms with E-state index >= 15 is 0 Å². The van der Waals surface area contributed by atoms with Gasteiger partial charge in [-0.3, -0.25) is 15.0 Å². The number of nitro groups is 1. The molecule has 1 aliphatic rings. The third kappa shape index (κ3) is 3.75. The lowest BCUT2D eigenvalue weighted by molar-refractivity contribution is -0.384. The van der Waals surface area contributed by atoms with Crippen molar-refractivity contribution in [2.24, 2.45) is 0 Å². The van der Waals surface area contributed by atoms with Crippen molar-refractivity contribution in [2.45, 2.75) is 38.3 Å².